The number of hydrogen-bond acceptors (Lipinski definition) is 4. The molecule has 3 aromatic rings. The highest BCUT2D eigenvalue weighted by molar-refractivity contribution is 6.30. The summed E-state index contributed by atoms with van der Waals surface area (Å²) in [4.78, 5) is 30.0. The largest absolute Gasteiger partial charge is 0.467 e. The van der Waals surface area contributed by atoms with Crippen molar-refractivity contribution in [1.29, 1.82) is 0 Å². The van der Waals surface area contributed by atoms with E-state index in [1.165, 1.54) is 11.6 Å². The van der Waals surface area contributed by atoms with Gasteiger partial charge in [-0.15, -0.1) is 0 Å². The Labute approximate surface area is 235 Å². The monoisotopic (exact) mass is 553 g/mol. The summed E-state index contributed by atoms with van der Waals surface area (Å²) in [6, 6.07) is 18.1. The molecule has 0 unspecified atom stereocenters. The molecule has 4 rings (SSSR count). The van der Waals surface area contributed by atoms with Gasteiger partial charge in [0.25, 0.3) is 0 Å². The zero-order chi connectivity index (χ0) is 27.8. The van der Waals surface area contributed by atoms with Crippen LogP contribution in [0.15, 0.2) is 71.3 Å². The van der Waals surface area contributed by atoms with Crippen LogP contribution in [0.25, 0.3) is 0 Å². The predicted octanol–water partition coefficient (Wildman–Crippen LogP) is 5.98. The Kier molecular flexibility index (Phi) is 9.81. The average molecular weight is 554 g/mol. The SMILES string of the molecule is CN(C)C1(Cc2cccc(Cl)c2)CCC(N(Cc2ccccc2F)C(=O)CCC(=O)NCc2ccco2)CC1. The second-order valence-electron chi connectivity index (χ2n) is 10.6. The van der Waals surface area contributed by atoms with Crippen molar-refractivity contribution in [3.8, 4) is 0 Å². The molecule has 0 saturated heterocycles. The van der Waals surface area contributed by atoms with Crippen LogP contribution < -0.4 is 5.32 Å². The maximum Gasteiger partial charge on any atom is 0.223 e. The second kappa shape index (κ2) is 13.3. The van der Waals surface area contributed by atoms with Crippen molar-refractivity contribution in [3.05, 3.63) is 94.7 Å². The van der Waals surface area contributed by atoms with Crippen molar-refractivity contribution < 1.29 is 18.4 Å². The van der Waals surface area contributed by atoms with Crippen LogP contribution >= 0.6 is 11.6 Å². The Hall–Kier alpha value is -3.16. The van der Waals surface area contributed by atoms with Crippen LogP contribution in [0, 0.1) is 5.82 Å². The fourth-order valence-corrected chi connectivity index (χ4v) is 5.76. The summed E-state index contributed by atoms with van der Waals surface area (Å²) in [5.74, 6) is -0.0305. The number of nitrogens with zero attached hydrogens (tertiary/aromatic N) is 2. The summed E-state index contributed by atoms with van der Waals surface area (Å²) >= 11 is 6.25. The number of amides is 2. The summed E-state index contributed by atoms with van der Waals surface area (Å²) in [5, 5.41) is 3.52. The number of benzene rings is 2. The standard InChI is InChI=1S/C31H37ClFN3O3/c1-35(2)31(20-23-7-5-9-25(32)19-23)16-14-26(15-17-31)36(22-24-8-3-4-11-28(24)33)30(38)13-12-29(37)34-21-27-10-6-18-39-27/h3-11,18-19,26H,12-17,20-22H2,1-2H3,(H,34,37). The highest BCUT2D eigenvalue weighted by atomic mass is 35.5. The minimum absolute atomic E-state index is 0.0317. The van der Waals surface area contributed by atoms with E-state index in [1.54, 1.807) is 41.5 Å². The molecule has 0 aliphatic heterocycles. The Bertz CT molecular complexity index is 1240. The molecule has 1 fully saturated rings. The number of carbonyl (C=O) groups excluding carboxylic acids is 2. The Balaban J connectivity index is 1.43. The van der Waals surface area contributed by atoms with Gasteiger partial charge >= 0.3 is 0 Å². The summed E-state index contributed by atoms with van der Waals surface area (Å²) < 4.78 is 19.9. The van der Waals surface area contributed by atoms with Crippen LogP contribution in [-0.2, 0) is 29.1 Å². The van der Waals surface area contributed by atoms with E-state index in [0.29, 0.717) is 11.3 Å². The number of nitrogens with one attached hydrogen (secondary N) is 1. The Morgan fingerprint density at radius 1 is 1.05 bits per heavy atom. The Morgan fingerprint density at radius 2 is 1.82 bits per heavy atom. The molecule has 6 nitrogen and oxygen atoms in total. The first-order valence-electron chi connectivity index (χ1n) is 13.5. The maximum atomic E-state index is 14.6. The summed E-state index contributed by atoms with van der Waals surface area (Å²) in [6.45, 7) is 0.467. The third kappa shape index (κ3) is 7.70. The van der Waals surface area contributed by atoms with E-state index in [9.17, 15) is 14.0 Å². The highest BCUT2D eigenvalue weighted by Crippen LogP contribution is 2.38. The van der Waals surface area contributed by atoms with E-state index in [2.05, 4.69) is 30.4 Å². The van der Waals surface area contributed by atoms with Crippen LogP contribution in [-0.4, -0.2) is 47.3 Å². The minimum atomic E-state index is -0.328. The molecule has 1 heterocycles. The van der Waals surface area contributed by atoms with Crippen molar-refractivity contribution >= 4 is 23.4 Å². The lowest BCUT2D eigenvalue weighted by molar-refractivity contribution is -0.137. The van der Waals surface area contributed by atoms with E-state index in [1.807, 2.05) is 18.2 Å². The highest BCUT2D eigenvalue weighted by Gasteiger charge is 2.40. The molecule has 1 aliphatic carbocycles. The van der Waals surface area contributed by atoms with Crippen LogP contribution in [0.4, 0.5) is 4.39 Å². The number of carbonyl (C=O) groups is 2. The first kappa shape index (κ1) is 28.8. The molecule has 0 atom stereocenters. The fourth-order valence-electron chi connectivity index (χ4n) is 5.54. The molecular weight excluding hydrogens is 517 g/mol. The molecule has 1 saturated carbocycles. The predicted molar refractivity (Wildman–Crippen MR) is 151 cm³/mol. The van der Waals surface area contributed by atoms with Gasteiger partial charge in [-0.2, -0.15) is 0 Å². The van der Waals surface area contributed by atoms with Crippen LogP contribution in [0.2, 0.25) is 5.02 Å². The van der Waals surface area contributed by atoms with Crippen LogP contribution in [0.1, 0.15) is 55.4 Å². The van der Waals surface area contributed by atoms with Crippen molar-refractivity contribution in [2.24, 2.45) is 0 Å². The van der Waals surface area contributed by atoms with Gasteiger partial charge in [-0.25, -0.2) is 4.39 Å². The maximum absolute atomic E-state index is 14.6. The van der Waals surface area contributed by atoms with Gasteiger partial charge in [-0.1, -0.05) is 41.9 Å². The normalized spacial score (nSPS) is 19.2. The van der Waals surface area contributed by atoms with Gasteiger partial charge in [0, 0.05) is 41.6 Å². The minimum Gasteiger partial charge on any atom is -0.467 e. The van der Waals surface area contributed by atoms with E-state index in [-0.39, 0.29) is 55.1 Å². The first-order chi connectivity index (χ1) is 18.8. The quantitative estimate of drug-likeness (QED) is 0.317. The lowest BCUT2D eigenvalue weighted by Crippen LogP contribution is -2.53. The topological polar surface area (TPSA) is 65.8 Å². The third-order valence-corrected chi connectivity index (χ3v) is 8.16. The zero-order valence-electron chi connectivity index (χ0n) is 22.7. The molecule has 1 aromatic heterocycles. The second-order valence-corrected chi connectivity index (χ2v) is 11.1. The average Bonchev–Trinajstić information content (AvgIpc) is 3.44. The van der Waals surface area contributed by atoms with Gasteiger partial charge in [0.1, 0.15) is 11.6 Å². The van der Waals surface area contributed by atoms with E-state index < -0.39 is 0 Å². The smallest absolute Gasteiger partial charge is 0.223 e. The third-order valence-electron chi connectivity index (χ3n) is 7.92. The molecule has 0 spiro atoms. The molecular formula is C31H37ClFN3O3. The van der Waals surface area contributed by atoms with Crippen molar-refractivity contribution in [1.82, 2.24) is 15.1 Å². The molecule has 8 heteroatoms. The van der Waals surface area contributed by atoms with Crippen LogP contribution in [0.5, 0.6) is 0 Å². The molecule has 2 amide bonds. The molecule has 0 radical (unpaired) electrons. The summed E-state index contributed by atoms with van der Waals surface area (Å²) in [6.07, 6.45) is 5.92. The first-order valence-corrected chi connectivity index (χ1v) is 13.9. The van der Waals surface area contributed by atoms with Gasteiger partial charge in [-0.05, 0) is 82.1 Å². The molecule has 39 heavy (non-hydrogen) atoms. The Morgan fingerprint density at radius 3 is 2.49 bits per heavy atom. The lowest BCUT2D eigenvalue weighted by atomic mass is 9.74. The van der Waals surface area contributed by atoms with E-state index in [4.69, 9.17) is 16.0 Å². The van der Waals surface area contributed by atoms with Gasteiger partial charge in [-0.3, -0.25) is 9.59 Å². The summed E-state index contributed by atoms with van der Waals surface area (Å²) in [5.41, 5.74) is 1.62. The number of hydrogen-bond donors (Lipinski definition) is 1. The molecule has 0 bridgehead atoms. The zero-order valence-corrected chi connectivity index (χ0v) is 23.4. The van der Waals surface area contributed by atoms with Gasteiger partial charge in [0.2, 0.25) is 11.8 Å². The number of likely N-dealkylation sites (N-methyl/N-ethyl adjacent to an activating group) is 1. The number of rotatable bonds is 11. The summed E-state index contributed by atoms with van der Waals surface area (Å²) in [7, 11) is 4.21. The van der Waals surface area contributed by atoms with Crippen molar-refractivity contribution in [2.45, 2.75) is 69.6 Å². The molecule has 1 aliphatic rings. The van der Waals surface area contributed by atoms with Crippen LogP contribution in [0.3, 0.4) is 0 Å². The number of halogens is 2. The van der Waals surface area contributed by atoms with E-state index in [0.717, 1.165) is 37.1 Å². The molecule has 1 N–H and O–H groups in total. The molecule has 208 valence electrons. The molecule has 2 aromatic carbocycles. The number of furan rings is 1. The van der Waals surface area contributed by atoms with Crippen molar-refractivity contribution in [2.75, 3.05) is 14.1 Å². The van der Waals surface area contributed by atoms with Gasteiger partial charge in [0.15, 0.2) is 0 Å². The van der Waals surface area contributed by atoms with Gasteiger partial charge < -0.3 is 19.5 Å². The fraction of sp³-hybridized carbons (Fsp3) is 0.419. The van der Waals surface area contributed by atoms with Gasteiger partial charge in [0.05, 0.1) is 12.8 Å². The van der Waals surface area contributed by atoms with Crippen molar-refractivity contribution in [3.63, 3.8) is 0 Å². The van der Waals surface area contributed by atoms with E-state index >= 15 is 0 Å². The lowest BCUT2D eigenvalue weighted by Gasteiger charge is -2.47.